The standard InChI is InChI=1S/C47H31N3/c1-2-9-32(10-3-1)33-17-21-38(22-18-33)49-44-15-6-4-13-40(44)42-30-36(19-23-46(42)49)37-20-24-47-43(31-37)41-14-5-7-16-45(41)50(47)39-12-8-11-35(29-39)34-25-27-48-28-26-34/h1-31H. The van der Waals surface area contributed by atoms with Gasteiger partial charge in [0.25, 0.3) is 0 Å². The largest absolute Gasteiger partial charge is 0.309 e. The molecule has 234 valence electrons. The van der Waals surface area contributed by atoms with Crippen LogP contribution in [0, 0.1) is 0 Å². The minimum atomic E-state index is 1.14. The molecule has 0 unspecified atom stereocenters. The summed E-state index contributed by atoms with van der Waals surface area (Å²) in [6.07, 6.45) is 3.70. The van der Waals surface area contributed by atoms with Crippen LogP contribution in [0.1, 0.15) is 0 Å². The van der Waals surface area contributed by atoms with Gasteiger partial charge in [-0.05, 0) is 106 Å². The molecule has 0 saturated carbocycles. The van der Waals surface area contributed by atoms with E-state index in [1.54, 1.807) is 0 Å². The average Bonchev–Trinajstić information content (AvgIpc) is 3.71. The van der Waals surface area contributed by atoms with Gasteiger partial charge in [0.1, 0.15) is 0 Å². The molecule has 3 heteroatoms. The van der Waals surface area contributed by atoms with Gasteiger partial charge >= 0.3 is 0 Å². The second-order valence-corrected chi connectivity index (χ2v) is 12.9. The Bertz CT molecular complexity index is 2840. The number of para-hydroxylation sites is 2. The number of benzene rings is 7. The smallest absolute Gasteiger partial charge is 0.0541 e. The fourth-order valence-corrected chi connectivity index (χ4v) is 7.66. The summed E-state index contributed by atoms with van der Waals surface area (Å²) < 4.78 is 4.78. The number of fused-ring (bicyclic) bond motifs is 6. The topological polar surface area (TPSA) is 22.8 Å². The SMILES string of the molecule is c1ccc(-c2ccc(-n3c4ccccc4c4cc(-c5ccc6c(c5)c5ccccc5n6-c5cccc(-c6ccncc6)c5)ccc43)cc2)cc1. The molecule has 3 aromatic heterocycles. The second-order valence-electron chi connectivity index (χ2n) is 12.9. The summed E-state index contributed by atoms with van der Waals surface area (Å²) in [5.74, 6) is 0. The molecule has 0 radical (unpaired) electrons. The number of pyridine rings is 1. The van der Waals surface area contributed by atoms with Crippen LogP contribution in [0.25, 0.3) is 88.4 Å². The summed E-state index contributed by atoms with van der Waals surface area (Å²) in [5.41, 5.74) is 14.3. The minimum Gasteiger partial charge on any atom is -0.309 e. The number of hydrogen-bond donors (Lipinski definition) is 0. The van der Waals surface area contributed by atoms with Crippen molar-refractivity contribution in [1.82, 2.24) is 14.1 Å². The fraction of sp³-hybridized carbons (Fsp3) is 0. The van der Waals surface area contributed by atoms with Gasteiger partial charge in [0.15, 0.2) is 0 Å². The Morgan fingerprint density at radius 1 is 0.280 bits per heavy atom. The number of hydrogen-bond acceptors (Lipinski definition) is 1. The molecule has 0 spiro atoms. The third-order valence-electron chi connectivity index (χ3n) is 10.0. The van der Waals surface area contributed by atoms with Gasteiger partial charge in [0, 0.05) is 45.3 Å². The zero-order valence-electron chi connectivity index (χ0n) is 27.2. The maximum atomic E-state index is 4.21. The zero-order chi connectivity index (χ0) is 33.0. The molecule has 0 atom stereocenters. The first kappa shape index (κ1) is 28.3. The maximum absolute atomic E-state index is 4.21. The van der Waals surface area contributed by atoms with E-state index in [1.807, 2.05) is 12.4 Å². The van der Waals surface area contributed by atoms with Gasteiger partial charge < -0.3 is 9.13 Å². The molecule has 10 aromatic rings. The van der Waals surface area contributed by atoms with E-state index in [0.717, 1.165) is 16.9 Å². The molecule has 0 bridgehead atoms. The van der Waals surface area contributed by atoms with Crippen molar-refractivity contribution in [3.63, 3.8) is 0 Å². The van der Waals surface area contributed by atoms with Crippen LogP contribution in [0.5, 0.6) is 0 Å². The monoisotopic (exact) mass is 637 g/mol. The van der Waals surface area contributed by atoms with Crippen molar-refractivity contribution in [3.05, 3.63) is 188 Å². The Morgan fingerprint density at radius 3 is 1.38 bits per heavy atom. The highest BCUT2D eigenvalue weighted by molar-refractivity contribution is 6.12. The van der Waals surface area contributed by atoms with Crippen LogP contribution in [0.3, 0.4) is 0 Å². The lowest BCUT2D eigenvalue weighted by atomic mass is 10.0. The van der Waals surface area contributed by atoms with Crippen LogP contribution in [0.4, 0.5) is 0 Å². The average molecular weight is 638 g/mol. The first-order valence-corrected chi connectivity index (χ1v) is 17.0. The lowest BCUT2D eigenvalue weighted by molar-refractivity contribution is 1.18. The van der Waals surface area contributed by atoms with E-state index < -0.39 is 0 Å². The Kier molecular flexibility index (Phi) is 6.49. The van der Waals surface area contributed by atoms with Crippen LogP contribution in [-0.4, -0.2) is 14.1 Å². The zero-order valence-corrected chi connectivity index (χ0v) is 27.2. The molecule has 0 N–H and O–H groups in total. The highest BCUT2D eigenvalue weighted by atomic mass is 15.0. The Labute approximate surface area is 290 Å². The molecular formula is C47H31N3. The van der Waals surface area contributed by atoms with E-state index in [9.17, 15) is 0 Å². The molecule has 0 aliphatic heterocycles. The molecule has 0 aliphatic carbocycles. The van der Waals surface area contributed by atoms with Crippen molar-refractivity contribution < 1.29 is 0 Å². The van der Waals surface area contributed by atoms with E-state index in [2.05, 4.69) is 190 Å². The van der Waals surface area contributed by atoms with Gasteiger partial charge in [-0.15, -0.1) is 0 Å². The van der Waals surface area contributed by atoms with Gasteiger partial charge in [-0.25, -0.2) is 0 Å². The van der Waals surface area contributed by atoms with Crippen molar-refractivity contribution in [2.75, 3.05) is 0 Å². The summed E-state index contributed by atoms with van der Waals surface area (Å²) in [7, 11) is 0. The van der Waals surface area contributed by atoms with Crippen LogP contribution < -0.4 is 0 Å². The van der Waals surface area contributed by atoms with E-state index in [0.29, 0.717) is 0 Å². The van der Waals surface area contributed by atoms with E-state index >= 15 is 0 Å². The van der Waals surface area contributed by atoms with Gasteiger partial charge in [-0.3, -0.25) is 4.98 Å². The highest BCUT2D eigenvalue weighted by Crippen LogP contribution is 2.39. The molecule has 0 saturated heterocycles. The molecule has 0 fully saturated rings. The maximum Gasteiger partial charge on any atom is 0.0541 e. The van der Waals surface area contributed by atoms with Crippen LogP contribution >= 0.6 is 0 Å². The van der Waals surface area contributed by atoms with Gasteiger partial charge in [-0.2, -0.15) is 0 Å². The molecule has 0 amide bonds. The van der Waals surface area contributed by atoms with Crippen LogP contribution in [-0.2, 0) is 0 Å². The minimum absolute atomic E-state index is 1.14. The Balaban J connectivity index is 1.10. The molecule has 3 heterocycles. The quantitative estimate of drug-likeness (QED) is 0.184. The predicted octanol–water partition coefficient (Wildman–Crippen LogP) is 12.3. The van der Waals surface area contributed by atoms with E-state index in [-0.39, 0.29) is 0 Å². The van der Waals surface area contributed by atoms with Crippen molar-refractivity contribution in [1.29, 1.82) is 0 Å². The molecule has 0 aliphatic rings. The second kappa shape index (κ2) is 11.5. The van der Waals surface area contributed by atoms with Gasteiger partial charge in [0.05, 0.1) is 22.1 Å². The van der Waals surface area contributed by atoms with Gasteiger partial charge in [-0.1, -0.05) is 103 Å². The van der Waals surface area contributed by atoms with E-state index in [4.69, 9.17) is 0 Å². The number of nitrogens with zero attached hydrogens (tertiary/aromatic N) is 3. The molecule has 3 nitrogen and oxygen atoms in total. The highest BCUT2D eigenvalue weighted by Gasteiger charge is 2.16. The van der Waals surface area contributed by atoms with Crippen molar-refractivity contribution in [2.45, 2.75) is 0 Å². The molecule has 50 heavy (non-hydrogen) atoms. The molecule has 7 aromatic carbocycles. The number of aromatic nitrogens is 3. The Morgan fingerprint density at radius 2 is 0.740 bits per heavy atom. The van der Waals surface area contributed by atoms with Crippen LogP contribution in [0.15, 0.2) is 188 Å². The number of rotatable bonds is 5. The van der Waals surface area contributed by atoms with Crippen molar-refractivity contribution >= 4 is 43.6 Å². The third kappa shape index (κ3) is 4.56. The molecule has 10 rings (SSSR count). The summed E-state index contributed by atoms with van der Waals surface area (Å²) >= 11 is 0. The Hall–Kier alpha value is -6.71. The van der Waals surface area contributed by atoms with Crippen molar-refractivity contribution in [3.8, 4) is 44.8 Å². The van der Waals surface area contributed by atoms with Crippen molar-refractivity contribution in [2.24, 2.45) is 0 Å². The summed E-state index contributed by atoms with van der Waals surface area (Å²) in [6, 6.07) is 63.7. The lowest BCUT2D eigenvalue weighted by Crippen LogP contribution is -1.94. The first-order valence-electron chi connectivity index (χ1n) is 17.0. The normalized spacial score (nSPS) is 11.6. The summed E-state index contributed by atoms with van der Waals surface area (Å²) in [5, 5.41) is 4.99. The van der Waals surface area contributed by atoms with Gasteiger partial charge in [0.2, 0.25) is 0 Å². The van der Waals surface area contributed by atoms with E-state index in [1.165, 1.54) is 71.4 Å². The third-order valence-corrected chi connectivity index (χ3v) is 10.0. The summed E-state index contributed by atoms with van der Waals surface area (Å²) in [6.45, 7) is 0. The molecular weight excluding hydrogens is 607 g/mol. The summed E-state index contributed by atoms with van der Waals surface area (Å²) in [4.78, 5) is 4.21. The fourth-order valence-electron chi connectivity index (χ4n) is 7.66. The predicted molar refractivity (Wildman–Crippen MR) is 209 cm³/mol. The lowest BCUT2D eigenvalue weighted by Gasteiger charge is -2.11. The first-order chi connectivity index (χ1) is 24.8. The van der Waals surface area contributed by atoms with Crippen LogP contribution in [0.2, 0.25) is 0 Å².